The van der Waals surface area contributed by atoms with Crippen molar-refractivity contribution in [2.24, 2.45) is 0 Å². The van der Waals surface area contributed by atoms with Gasteiger partial charge in [0.05, 0.1) is 5.54 Å². The maximum absolute atomic E-state index is 12.3. The molecule has 1 aromatic heterocycles. The highest BCUT2D eigenvalue weighted by molar-refractivity contribution is 5.92. The Morgan fingerprint density at radius 3 is 2.50 bits per heavy atom. The molecule has 24 heavy (non-hydrogen) atoms. The predicted octanol–water partition coefficient (Wildman–Crippen LogP) is 3.28. The molecule has 1 aromatic rings. The summed E-state index contributed by atoms with van der Waals surface area (Å²) in [6.45, 7) is 6.91. The molecule has 0 spiro atoms. The van der Waals surface area contributed by atoms with Gasteiger partial charge in [-0.05, 0) is 52.5 Å². The zero-order valence-corrected chi connectivity index (χ0v) is 15.0. The molecule has 1 aliphatic carbocycles. The molecule has 2 rings (SSSR count). The van der Waals surface area contributed by atoms with Crippen LogP contribution in [0, 0.1) is 0 Å². The number of hydrogen-bond donors (Lipinski definition) is 2. The summed E-state index contributed by atoms with van der Waals surface area (Å²) >= 11 is 0. The van der Waals surface area contributed by atoms with Crippen LogP contribution in [0.5, 0.6) is 0 Å². The molecule has 0 aromatic carbocycles. The van der Waals surface area contributed by atoms with E-state index in [1.54, 1.807) is 0 Å². The molecule has 1 aliphatic rings. The number of unbranched alkanes of at least 4 members (excludes halogenated alkanes) is 3. The van der Waals surface area contributed by atoms with Crippen LogP contribution in [0.4, 0.5) is 0 Å². The number of carboxylic acid groups (broad SMARTS) is 1. The van der Waals surface area contributed by atoms with E-state index in [2.05, 4.69) is 31.2 Å². The van der Waals surface area contributed by atoms with Gasteiger partial charge in [-0.3, -0.25) is 14.3 Å². The SMILES string of the molecule is CC(C)(C)n1nc(C(=O)NCCCCCCC(=O)O)cc1C1CC1. The van der Waals surface area contributed by atoms with Crippen LogP contribution in [0.15, 0.2) is 6.07 Å². The lowest BCUT2D eigenvalue weighted by atomic mass is 10.1. The first-order valence-electron chi connectivity index (χ1n) is 8.89. The number of carbonyl (C=O) groups is 2. The topological polar surface area (TPSA) is 84.2 Å². The largest absolute Gasteiger partial charge is 0.481 e. The highest BCUT2D eigenvalue weighted by Gasteiger charge is 2.32. The van der Waals surface area contributed by atoms with Crippen molar-refractivity contribution in [3.05, 3.63) is 17.5 Å². The number of carbonyl (C=O) groups excluding carboxylic acids is 1. The summed E-state index contributed by atoms with van der Waals surface area (Å²) in [5, 5.41) is 16.0. The lowest BCUT2D eigenvalue weighted by molar-refractivity contribution is -0.137. The highest BCUT2D eigenvalue weighted by atomic mass is 16.4. The molecule has 1 heterocycles. The molecule has 134 valence electrons. The number of hydrogen-bond acceptors (Lipinski definition) is 3. The van der Waals surface area contributed by atoms with E-state index in [0.717, 1.165) is 19.3 Å². The summed E-state index contributed by atoms with van der Waals surface area (Å²) < 4.78 is 1.99. The summed E-state index contributed by atoms with van der Waals surface area (Å²) in [5.74, 6) is -0.317. The van der Waals surface area contributed by atoms with Gasteiger partial charge in [0, 0.05) is 24.6 Å². The van der Waals surface area contributed by atoms with Gasteiger partial charge < -0.3 is 10.4 Å². The molecule has 1 saturated carbocycles. The van der Waals surface area contributed by atoms with Gasteiger partial charge in [-0.15, -0.1) is 0 Å². The standard InChI is InChI=1S/C18H29N3O3/c1-18(2,3)21-15(13-9-10-13)12-14(20-21)17(24)19-11-7-5-4-6-8-16(22)23/h12-13H,4-11H2,1-3H3,(H,19,24)(H,22,23). The number of rotatable bonds is 9. The van der Waals surface area contributed by atoms with Crippen molar-refractivity contribution in [1.82, 2.24) is 15.1 Å². The summed E-state index contributed by atoms with van der Waals surface area (Å²) in [6, 6.07) is 1.94. The normalized spacial score (nSPS) is 14.6. The Kier molecular flexibility index (Phi) is 6.02. The van der Waals surface area contributed by atoms with Gasteiger partial charge >= 0.3 is 5.97 Å². The van der Waals surface area contributed by atoms with E-state index in [0.29, 0.717) is 24.6 Å². The van der Waals surface area contributed by atoms with E-state index in [1.807, 2.05) is 10.7 Å². The highest BCUT2D eigenvalue weighted by Crippen LogP contribution is 2.41. The van der Waals surface area contributed by atoms with Crippen molar-refractivity contribution < 1.29 is 14.7 Å². The maximum Gasteiger partial charge on any atom is 0.303 e. The second-order valence-electron chi connectivity index (χ2n) is 7.63. The summed E-state index contributed by atoms with van der Waals surface area (Å²) in [4.78, 5) is 22.7. The molecular weight excluding hydrogens is 306 g/mol. The Hall–Kier alpha value is -1.85. The number of nitrogens with zero attached hydrogens (tertiary/aromatic N) is 2. The van der Waals surface area contributed by atoms with Gasteiger partial charge in [0.2, 0.25) is 0 Å². The van der Waals surface area contributed by atoms with Crippen LogP contribution in [0.3, 0.4) is 0 Å². The van der Waals surface area contributed by atoms with Crippen molar-refractivity contribution >= 4 is 11.9 Å². The average Bonchev–Trinajstić information content (AvgIpc) is 3.22. The van der Waals surface area contributed by atoms with Crippen molar-refractivity contribution in [2.75, 3.05) is 6.54 Å². The van der Waals surface area contributed by atoms with Gasteiger partial charge in [0.25, 0.3) is 5.91 Å². The molecule has 0 atom stereocenters. The maximum atomic E-state index is 12.3. The molecule has 0 bridgehead atoms. The molecule has 0 saturated heterocycles. The van der Waals surface area contributed by atoms with Crippen molar-refractivity contribution in [3.8, 4) is 0 Å². The molecule has 1 fully saturated rings. The Bertz CT molecular complexity index is 583. The van der Waals surface area contributed by atoms with Crippen LogP contribution >= 0.6 is 0 Å². The van der Waals surface area contributed by atoms with Crippen molar-refractivity contribution in [2.45, 2.75) is 77.2 Å². The molecule has 6 nitrogen and oxygen atoms in total. The monoisotopic (exact) mass is 335 g/mol. The number of nitrogens with one attached hydrogen (secondary N) is 1. The van der Waals surface area contributed by atoms with E-state index < -0.39 is 5.97 Å². The third-order valence-electron chi connectivity index (χ3n) is 4.20. The zero-order valence-electron chi connectivity index (χ0n) is 15.0. The third kappa shape index (κ3) is 5.35. The average molecular weight is 335 g/mol. The summed E-state index contributed by atoms with van der Waals surface area (Å²) in [5.41, 5.74) is 1.54. The first-order valence-corrected chi connectivity index (χ1v) is 8.89. The van der Waals surface area contributed by atoms with Gasteiger partial charge in [0.1, 0.15) is 5.69 Å². The van der Waals surface area contributed by atoms with E-state index in [1.165, 1.54) is 18.5 Å². The Balaban J connectivity index is 1.79. The molecule has 0 unspecified atom stereocenters. The Morgan fingerprint density at radius 2 is 1.92 bits per heavy atom. The molecule has 1 amide bonds. The van der Waals surface area contributed by atoms with Crippen LogP contribution in [0.1, 0.15) is 87.8 Å². The number of amides is 1. The zero-order chi connectivity index (χ0) is 17.7. The minimum absolute atomic E-state index is 0.120. The number of aromatic nitrogens is 2. The van der Waals surface area contributed by atoms with E-state index >= 15 is 0 Å². The third-order valence-corrected chi connectivity index (χ3v) is 4.20. The molecule has 0 radical (unpaired) electrons. The summed E-state index contributed by atoms with van der Waals surface area (Å²) in [6.07, 6.45) is 5.95. The van der Waals surface area contributed by atoms with Crippen LogP contribution < -0.4 is 5.32 Å². The number of aliphatic carboxylic acids is 1. The van der Waals surface area contributed by atoms with Crippen LogP contribution in [0.2, 0.25) is 0 Å². The summed E-state index contributed by atoms with van der Waals surface area (Å²) in [7, 11) is 0. The fraction of sp³-hybridized carbons (Fsp3) is 0.722. The van der Waals surface area contributed by atoms with E-state index in [-0.39, 0.29) is 17.9 Å². The van der Waals surface area contributed by atoms with Crippen molar-refractivity contribution in [3.63, 3.8) is 0 Å². The fourth-order valence-corrected chi connectivity index (χ4v) is 2.76. The van der Waals surface area contributed by atoms with E-state index in [9.17, 15) is 9.59 Å². The quantitative estimate of drug-likeness (QED) is 0.678. The minimum atomic E-state index is -0.746. The minimum Gasteiger partial charge on any atom is -0.481 e. The molecule has 0 aliphatic heterocycles. The van der Waals surface area contributed by atoms with Crippen molar-refractivity contribution in [1.29, 1.82) is 0 Å². The van der Waals surface area contributed by atoms with Crippen LogP contribution in [-0.4, -0.2) is 33.3 Å². The lowest BCUT2D eigenvalue weighted by Crippen LogP contribution is -2.27. The molecule has 6 heteroatoms. The second kappa shape index (κ2) is 7.81. The Morgan fingerprint density at radius 1 is 1.25 bits per heavy atom. The first kappa shape index (κ1) is 18.5. The van der Waals surface area contributed by atoms with Crippen LogP contribution in [0.25, 0.3) is 0 Å². The second-order valence-corrected chi connectivity index (χ2v) is 7.63. The number of carboxylic acids is 1. The molecule has 2 N–H and O–H groups in total. The Labute approximate surface area is 143 Å². The first-order chi connectivity index (χ1) is 11.3. The van der Waals surface area contributed by atoms with Gasteiger partial charge in [-0.25, -0.2) is 0 Å². The van der Waals surface area contributed by atoms with Crippen LogP contribution in [-0.2, 0) is 10.3 Å². The van der Waals surface area contributed by atoms with Gasteiger partial charge in [-0.1, -0.05) is 12.8 Å². The van der Waals surface area contributed by atoms with E-state index in [4.69, 9.17) is 5.11 Å². The van der Waals surface area contributed by atoms with Gasteiger partial charge in [0.15, 0.2) is 0 Å². The fourth-order valence-electron chi connectivity index (χ4n) is 2.76. The molecular formula is C18H29N3O3. The lowest BCUT2D eigenvalue weighted by Gasteiger charge is -2.22. The smallest absolute Gasteiger partial charge is 0.303 e. The van der Waals surface area contributed by atoms with Gasteiger partial charge in [-0.2, -0.15) is 5.10 Å². The predicted molar refractivity (Wildman–Crippen MR) is 92.3 cm³/mol.